The van der Waals surface area contributed by atoms with E-state index in [4.69, 9.17) is 9.47 Å². The average Bonchev–Trinajstić information content (AvgIpc) is 2.92. The quantitative estimate of drug-likeness (QED) is 0.902. The van der Waals surface area contributed by atoms with Gasteiger partial charge in [-0.05, 0) is 39.1 Å². The lowest BCUT2D eigenvalue weighted by Gasteiger charge is -2.45. The van der Waals surface area contributed by atoms with E-state index in [2.05, 4.69) is 37.9 Å². The molecule has 0 bridgehead atoms. The molecule has 22 heavy (non-hydrogen) atoms. The fourth-order valence-electron chi connectivity index (χ4n) is 2.78. The van der Waals surface area contributed by atoms with Crippen molar-refractivity contribution in [2.75, 3.05) is 26.7 Å². The molecule has 2 heterocycles. The lowest BCUT2D eigenvalue weighted by Crippen LogP contribution is -2.58. The molecule has 2 rings (SSSR count). The van der Waals surface area contributed by atoms with Gasteiger partial charge >= 0.3 is 0 Å². The second-order valence-electron chi connectivity index (χ2n) is 6.48. The average molecular weight is 326 g/mol. The van der Waals surface area contributed by atoms with E-state index in [9.17, 15) is 4.79 Å². The Morgan fingerprint density at radius 2 is 2.09 bits per heavy atom. The van der Waals surface area contributed by atoms with Crippen LogP contribution in [0.4, 0.5) is 0 Å². The first-order chi connectivity index (χ1) is 10.3. The third kappa shape index (κ3) is 4.00. The van der Waals surface area contributed by atoms with Gasteiger partial charge in [0.25, 0.3) is 5.91 Å². The van der Waals surface area contributed by atoms with Crippen molar-refractivity contribution in [2.45, 2.75) is 45.4 Å². The molecule has 124 valence electrons. The Kier molecular flexibility index (Phi) is 5.47. The van der Waals surface area contributed by atoms with Gasteiger partial charge in [0.2, 0.25) is 0 Å². The minimum atomic E-state index is -0.119. The second kappa shape index (κ2) is 6.98. The molecule has 1 N–H and O–H groups in total. The highest BCUT2D eigenvalue weighted by molar-refractivity contribution is 7.12. The van der Waals surface area contributed by atoms with Gasteiger partial charge in [-0.2, -0.15) is 0 Å². The van der Waals surface area contributed by atoms with Gasteiger partial charge in [0.1, 0.15) is 10.6 Å². The Labute approximate surface area is 136 Å². The fourth-order valence-corrected chi connectivity index (χ4v) is 3.56. The number of carbonyl (C=O) groups excluding carboxylic acids is 1. The summed E-state index contributed by atoms with van der Waals surface area (Å²) in [6.45, 7) is 10.9. The lowest BCUT2D eigenvalue weighted by molar-refractivity contribution is -0.0948. The highest BCUT2D eigenvalue weighted by Crippen LogP contribution is 2.25. The van der Waals surface area contributed by atoms with E-state index < -0.39 is 0 Å². The van der Waals surface area contributed by atoms with Crippen molar-refractivity contribution in [2.24, 2.45) is 0 Å². The van der Waals surface area contributed by atoms with Gasteiger partial charge in [-0.1, -0.05) is 0 Å². The summed E-state index contributed by atoms with van der Waals surface area (Å²) in [6.07, 6.45) is 0.437. The molecule has 1 fully saturated rings. The van der Waals surface area contributed by atoms with Crippen molar-refractivity contribution in [3.8, 4) is 5.75 Å². The van der Waals surface area contributed by atoms with E-state index in [0.717, 1.165) is 13.1 Å². The van der Waals surface area contributed by atoms with E-state index in [1.807, 2.05) is 11.4 Å². The highest BCUT2D eigenvalue weighted by atomic mass is 32.1. The zero-order valence-corrected chi connectivity index (χ0v) is 14.8. The number of ether oxygens (including phenoxy) is 2. The minimum absolute atomic E-state index is 0.0747. The van der Waals surface area contributed by atoms with Crippen molar-refractivity contribution in [3.05, 3.63) is 16.3 Å². The summed E-state index contributed by atoms with van der Waals surface area (Å²) >= 11 is 1.40. The zero-order valence-electron chi connectivity index (χ0n) is 14.0. The van der Waals surface area contributed by atoms with E-state index in [-0.39, 0.29) is 23.7 Å². The van der Waals surface area contributed by atoms with Gasteiger partial charge in [0.15, 0.2) is 0 Å². The van der Waals surface area contributed by atoms with Crippen molar-refractivity contribution in [1.29, 1.82) is 0 Å². The molecule has 1 aromatic heterocycles. The zero-order chi connectivity index (χ0) is 16.3. The highest BCUT2D eigenvalue weighted by Gasteiger charge is 2.33. The van der Waals surface area contributed by atoms with Crippen molar-refractivity contribution in [3.63, 3.8) is 0 Å². The maximum atomic E-state index is 12.3. The van der Waals surface area contributed by atoms with Crippen molar-refractivity contribution < 1.29 is 14.3 Å². The lowest BCUT2D eigenvalue weighted by atomic mass is 10.00. The summed E-state index contributed by atoms with van der Waals surface area (Å²) in [7, 11) is 1.58. The van der Waals surface area contributed by atoms with Crippen LogP contribution in [0.25, 0.3) is 0 Å². The maximum Gasteiger partial charge on any atom is 0.265 e. The molecular formula is C16H26N2O3S. The third-order valence-electron chi connectivity index (χ3n) is 4.01. The molecule has 5 nitrogen and oxygen atoms in total. The number of amides is 1. The number of hydrogen-bond donors (Lipinski definition) is 1. The van der Waals surface area contributed by atoms with Crippen LogP contribution in [0.15, 0.2) is 11.4 Å². The monoisotopic (exact) mass is 326 g/mol. The first-order valence-electron chi connectivity index (χ1n) is 7.63. The van der Waals surface area contributed by atoms with Gasteiger partial charge in [-0.25, -0.2) is 0 Å². The summed E-state index contributed by atoms with van der Waals surface area (Å²) in [4.78, 5) is 15.3. The molecule has 0 radical (unpaired) electrons. The number of morpholine rings is 1. The van der Waals surface area contributed by atoms with E-state index >= 15 is 0 Å². The van der Waals surface area contributed by atoms with Crippen LogP contribution in [0.1, 0.15) is 37.4 Å². The summed E-state index contributed by atoms with van der Waals surface area (Å²) < 4.78 is 11.0. The summed E-state index contributed by atoms with van der Waals surface area (Å²) in [5.74, 6) is 0.559. The molecule has 1 aromatic rings. The van der Waals surface area contributed by atoms with Gasteiger partial charge in [-0.3, -0.25) is 9.69 Å². The van der Waals surface area contributed by atoms with Crippen LogP contribution >= 0.6 is 11.3 Å². The predicted octanol–water partition coefficient (Wildman–Crippen LogP) is 2.37. The molecule has 0 spiro atoms. The Bertz CT molecular complexity index is 505. The van der Waals surface area contributed by atoms with Gasteiger partial charge < -0.3 is 14.8 Å². The second-order valence-corrected chi connectivity index (χ2v) is 7.39. The number of nitrogens with one attached hydrogen (secondary N) is 1. The topological polar surface area (TPSA) is 50.8 Å². The van der Waals surface area contributed by atoms with Crippen LogP contribution in [0, 0.1) is 0 Å². The Hall–Kier alpha value is -1.11. The molecule has 0 saturated carbocycles. The predicted molar refractivity (Wildman–Crippen MR) is 88.9 cm³/mol. The molecule has 0 aliphatic carbocycles. The normalized spacial score (nSPS) is 23.3. The summed E-state index contributed by atoms with van der Waals surface area (Å²) in [6, 6.07) is 1.82. The largest absolute Gasteiger partial charge is 0.495 e. The molecule has 1 aliphatic rings. The van der Waals surface area contributed by atoms with Crippen LogP contribution in [-0.4, -0.2) is 55.3 Å². The third-order valence-corrected chi connectivity index (χ3v) is 4.91. The number of methoxy groups -OCH3 is 1. The van der Waals surface area contributed by atoms with E-state index in [0.29, 0.717) is 17.2 Å². The number of hydrogen-bond acceptors (Lipinski definition) is 5. The van der Waals surface area contributed by atoms with Crippen molar-refractivity contribution in [1.82, 2.24) is 10.2 Å². The fraction of sp³-hybridized carbons (Fsp3) is 0.688. The van der Waals surface area contributed by atoms with Crippen LogP contribution in [-0.2, 0) is 4.74 Å². The molecule has 1 saturated heterocycles. The van der Waals surface area contributed by atoms with E-state index in [1.54, 1.807) is 7.11 Å². The van der Waals surface area contributed by atoms with Crippen LogP contribution < -0.4 is 10.1 Å². The molecule has 1 amide bonds. The van der Waals surface area contributed by atoms with Crippen LogP contribution in [0.2, 0.25) is 0 Å². The molecule has 6 heteroatoms. The number of thiophene rings is 1. The molecule has 0 aromatic carbocycles. The smallest absolute Gasteiger partial charge is 0.265 e. The van der Waals surface area contributed by atoms with Crippen LogP contribution in [0.3, 0.4) is 0 Å². The number of nitrogens with zero attached hydrogens (tertiary/aromatic N) is 1. The van der Waals surface area contributed by atoms with E-state index in [1.165, 1.54) is 11.3 Å². The number of carbonyl (C=O) groups is 1. The first-order valence-corrected chi connectivity index (χ1v) is 8.51. The first kappa shape index (κ1) is 17.2. The molecule has 0 unspecified atom stereocenters. The van der Waals surface area contributed by atoms with Gasteiger partial charge in [0.05, 0.1) is 19.3 Å². The Morgan fingerprint density at radius 3 is 2.68 bits per heavy atom. The SMILES string of the molecule is COc1ccsc1C(=O)NCC(C)(C)N1C[C@H](C)O[C@@H](C)C1. The minimum Gasteiger partial charge on any atom is -0.495 e. The molecule has 1 aliphatic heterocycles. The summed E-state index contributed by atoms with van der Waals surface area (Å²) in [5.41, 5.74) is -0.119. The molecule has 2 atom stereocenters. The Morgan fingerprint density at radius 1 is 1.45 bits per heavy atom. The number of rotatable bonds is 5. The van der Waals surface area contributed by atoms with Crippen LogP contribution in [0.5, 0.6) is 5.75 Å². The van der Waals surface area contributed by atoms with Gasteiger partial charge in [-0.15, -0.1) is 11.3 Å². The molecular weight excluding hydrogens is 300 g/mol. The Balaban J connectivity index is 1.96. The maximum absolute atomic E-state index is 12.3. The van der Waals surface area contributed by atoms with Gasteiger partial charge in [0, 0.05) is 25.2 Å². The summed E-state index contributed by atoms with van der Waals surface area (Å²) in [5, 5.41) is 4.90. The van der Waals surface area contributed by atoms with Crippen molar-refractivity contribution >= 4 is 17.2 Å². The standard InChI is InChI=1S/C16H26N2O3S/c1-11-8-18(9-12(2)21-11)16(3,4)10-17-15(19)14-13(20-5)6-7-22-14/h6-7,11-12H,8-10H2,1-5H3,(H,17,19)/t11-,12-/m0/s1.